The summed E-state index contributed by atoms with van der Waals surface area (Å²) in [5.41, 5.74) is 1.04. The molecule has 14 heavy (non-hydrogen) atoms. The summed E-state index contributed by atoms with van der Waals surface area (Å²) in [7, 11) is 0. The molecule has 1 aliphatic heterocycles. The van der Waals surface area contributed by atoms with Crippen molar-refractivity contribution in [2.45, 2.75) is 45.6 Å². The van der Waals surface area contributed by atoms with Crippen LogP contribution in [0.3, 0.4) is 0 Å². The average molecular weight is 197 g/mol. The largest absolute Gasteiger partial charge is 0.380 e. The van der Waals surface area contributed by atoms with Crippen LogP contribution >= 0.6 is 0 Å². The smallest absolute Gasteiger partial charge is 0.0593 e. The monoisotopic (exact) mass is 197 g/mol. The van der Waals surface area contributed by atoms with Crippen LogP contribution in [0.1, 0.15) is 40.0 Å². The molecule has 2 rings (SSSR count). The van der Waals surface area contributed by atoms with Gasteiger partial charge in [-0.25, -0.2) is 0 Å². The van der Waals surface area contributed by atoms with Gasteiger partial charge in [-0.3, -0.25) is 4.90 Å². The summed E-state index contributed by atoms with van der Waals surface area (Å²) >= 11 is 0. The fourth-order valence-corrected chi connectivity index (χ4v) is 3.52. The Balaban J connectivity index is 1.94. The Morgan fingerprint density at radius 3 is 2.36 bits per heavy atom. The molecule has 0 amide bonds. The van der Waals surface area contributed by atoms with Crippen LogP contribution in [0.2, 0.25) is 0 Å². The standard InChI is InChI=1S/C12H23NO/c1-11(2)9-12(3,10-11)13-5-4-7-14-8-6-13/h4-10H2,1-3H3. The minimum Gasteiger partial charge on any atom is -0.380 e. The van der Waals surface area contributed by atoms with Gasteiger partial charge in [-0.05, 0) is 31.6 Å². The van der Waals surface area contributed by atoms with E-state index in [9.17, 15) is 0 Å². The molecule has 0 aromatic carbocycles. The van der Waals surface area contributed by atoms with Crippen LogP contribution in [0.15, 0.2) is 0 Å². The molecule has 0 radical (unpaired) electrons. The number of rotatable bonds is 1. The molecule has 82 valence electrons. The molecular formula is C12H23NO. The van der Waals surface area contributed by atoms with Crippen LogP contribution in [0.4, 0.5) is 0 Å². The molecule has 0 N–H and O–H groups in total. The lowest BCUT2D eigenvalue weighted by molar-refractivity contribution is -0.0550. The third kappa shape index (κ3) is 1.96. The summed E-state index contributed by atoms with van der Waals surface area (Å²) in [6.45, 7) is 11.4. The second kappa shape index (κ2) is 3.49. The van der Waals surface area contributed by atoms with Crippen molar-refractivity contribution in [3.05, 3.63) is 0 Å². The second-order valence-electron chi connectivity index (χ2n) is 5.97. The van der Waals surface area contributed by atoms with E-state index in [0.717, 1.165) is 19.8 Å². The summed E-state index contributed by atoms with van der Waals surface area (Å²) in [6.07, 6.45) is 3.90. The van der Waals surface area contributed by atoms with E-state index in [4.69, 9.17) is 4.74 Å². The molecule has 1 saturated carbocycles. The van der Waals surface area contributed by atoms with Gasteiger partial charge >= 0.3 is 0 Å². The molecule has 0 atom stereocenters. The molecule has 0 spiro atoms. The maximum atomic E-state index is 5.50. The number of hydrogen-bond donors (Lipinski definition) is 0. The van der Waals surface area contributed by atoms with E-state index in [2.05, 4.69) is 25.7 Å². The SMILES string of the molecule is CC1(C)CC(C)(N2CCCOCC2)C1. The maximum Gasteiger partial charge on any atom is 0.0593 e. The number of ether oxygens (including phenoxy) is 1. The molecule has 1 saturated heterocycles. The Bertz CT molecular complexity index is 196. The zero-order valence-electron chi connectivity index (χ0n) is 9.81. The first-order valence-corrected chi connectivity index (χ1v) is 5.85. The third-order valence-electron chi connectivity index (χ3n) is 3.70. The first kappa shape index (κ1) is 10.4. The Kier molecular flexibility index (Phi) is 2.61. The van der Waals surface area contributed by atoms with Crippen molar-refractivity contribution in [2.75, 3.05) is 26.3 Å². The van der Waals surface area contributed by atoms with E-state index in [1.54, 1.807) is 0 Å². The van der Waals surface area contributed by atoms with Gasteiger partial charge in [-0.1, -0.05) is 13.8 Å². The first-order chi connectivity index (χ1) is 6.52. The minimum atomic E-state index is 0.469. The molecular weight excluding hydrogens is 174 g/mol. The molecule has 2 nitrogen and oxygen atoms in total. The highest BCUT2D eigenvalue weighted by molar-refractivity contribution is 5.03. The van der Waals surface area contributed by atoms with E-state index in [-0.39, 0.29) is 0 Å². The summed E-state index contributed by atoms with van der Waals surface area (Å²) < 4.78 is 5.50. The Morgan fingerprint density at radius 1 is 1.00 bits per heavy atom. The fraction of sp³-hybridized carbons (Fsp3) is 1.00. The summed E-state index contributed by atoms with van der Waals surface area (Å²) in [6, 6.07) is 0. The van der Waals surface area contributed by atoms with Crippen molar-refractivity contribution < 1.29 is 4.74 Å². The molecule has 1 heterocycles. The van der Waals surface area contributed by atoms with Crippen molar-refractivity contribution in [3.63, 3.8) is 0 Å². The van der Waals surface area contributed by atoms with Crippen molar-refractivity contribution >= 4 is 0 Å². The van der Waals surface area contributed by atoms with E-state index in [1.807, 2.05) is 0 Å². The summed E-state index contributed by atoms with van der Waals surface area (Å²) in [4.78, 5) is 2.64. The van der Waals surface area contributed by atoms with Crippen molar-refractivity contribution in [1.29, 1.82) is 0 Å². The van der Waals surface area contributed by atoms with E-state index in [1.165, 1.54) is 25.8 Å². The Labute approximate surface area is 87.6 Å². The normalized spacial score (nSPS) is 31.9. The lowest BCUT2D eigenvalue weighted by atomic mass is 9.59. The minimum absolute atomic E-state index is 0.469. The van der Waals surface area contributed by atoms with Gasteiger partial charge in [0, 0.05) is 25.2 Å². The molecule has 0 aromatic rings. The predicted octanol–water partition coefficient (Wildman–Crippen LogP) is 2.29. The van der Waals surface area contributed by atoms with Crippen LogP contribution in [-0.4, -0.2) is 36.7 Å². The molecule has 2 aliphatic rings. The lowest BCUT2D eigenvalue weighted by Crippen LogP contribution is -2.59. The summed E-state index contributed by atoms with van der Waals surface area (Å²) in [5.74, 6) is 0. The molecule has 0 aromatic heterocycles. The Hall–Kier alpha value is -0.0800. The lowest BCUT2D eigenvalue weighted by Gasteiger charge is -2.57. The van der Waals surface area contributed by atoms with Gasteiger partial charge < -0.3 is 4.74 Å². The van der Waals surface area contributed by atoms with E-state index >= 15 is 0 Å². The van der Waals surface area contributed by atoms with Crippen molar-refractivity contribution in [2.24, 2.45) is 5.41 Å². The maximum absolute atomic E-state index is 5.50. The third-order valence-corrected chi connectivity index (χ3v) is 3.70. The first-order valence-electron chi connectivity index (χ1n) is 5.85. The van der Waals surface area contributed by atoms with Crippen LogP contribution in [0.25, 0.3) is 0 Å². The summed E-state index contributed by atoms with van der Waals surface area (Å²) in [5, 5.41) is 0. The van der Waals surface area contributed by atoms with E-state index < -0.39 is 0 Å². The van der Waals surface area contributed by atoms with Crippen LogP contribution < -0.4 is 0 Å². The van der Waals surface area contributed by atoms with Gasteiger partial charge in [0.15, 0.2) is 0 Å². The topological polar surface area (TPSA) is 12.5 Å². The molecule has 0 unspecified atom stereocenters. The van der Waals surface area contributed by atoms with E-state index in [0.29, 0.717) is 11.0 Å². The van der Waals surface area contributed by atoms with Gasteiger partial charge in [0.05, 0.1) is 6.61 Å². The van der Waals surface area contributed by atoms with Gasteiger partial charge in [0.2, 0.25) is 0 Å². The second-order valence-corrected chi connectivity index (χ2v) is 5.97. The van der Waals surface area contributed by atoms with Crippen LogP contribution in [-0.2, 0) is 4.74 Å². The molecule has 2 fully saturated rings. The zero-order chi connectivity index (χ0) is 10.2. The highest BCUT2D eigenvalue weighted by Crippen LogP contribution is 2.50. The van der Waals surface area contributed by atoms with Gasteiger partial charge in [0.1, 0.15) is 0 Å². The molecule has 1 aliphatic carbocycles. The van der Waals surface area contributed by atoms with Gasteiger partial charge in [-0.15, -0.1) is 0 Å². The highest BCUT2D eigenvalue weighted by Gasteiger charge is 2.48. The van der Waals surface area contributed by atoms with Crippen molar-refractivity contribution in [1.82, 2.24) is 4.90 Å². The van der Waals surface area contributed by atoms with Crippen LogP contribution in [0.5, 0.6) is 0 Å². The van der Waals surface area contributed by atoms with Crippen molar-refractivity contribution in [3.8, 4) is 0 Å². The zero-order valence-corrected chi connectivity index (χ0v) is 9.81. The fourth-order valence-electron chi connectivity index (χ4n) is 3.52. The number of nitrogens with zero attached hydrogens (tertiary/aromatic N) is 1. The van der Waals surface area contributed by atoms with Crippen LogP contribution in [0, 0.1) is 5.41 Å². The quantitative estimate of drug-likeness (QED) is 0.639. The van der Waals surface area contributed by atoms with Gasteiger partial charge in [-0.2, -0.15) is 0 Å². The molecule has 2 heteroatoms. The number of hydrogen-bond acceptors (Lipinski definition) is 2. The van der Waals surface area contributed by atoms with Gasteiger partial charge in [0.25, 0.3) is 0 Å². The molecule has 0 bridgehead atoms. The highest BCUT2D eigenvalue weighted by atomic mass is 16.5. The predicted molar refractivity (Wildman–Crippen MR) is 58.4 cm³/mol. The average Bonchev–Trinajstić information content (AvgIpc) is 2.27. The Morgan fingerprint density at radius 2 is 1.71 bits per heavy atom.